The second-order valence-electron chi connectivity index (χ2n) is 2.17. The zero-order chi connectivity index (χ0) is 9.26. The number of imidazole rings is 1. The maximum Gasteiger partial charge on any atom is 0.260 e. The zero-order valence-electron chi connectivity index (χ0n) is 6.26. The molecule has 2 heterocycles. The highest BCUT2D eigenvalue weighted by Gasteiger charge is 2.06. The van der Waals surface area contributed by atoms with Crippen LogP contribution in [0.4, 0.5) is 5.82 Å². The topological polar surface area (TPSA) is 104 Å². The predicted molar refractivity (Wildman–Crippen MR) is 46.1 cm³/mol. The van der Waals surface area contributed by atoms with Gasteiger partial charge in [0.25, 0.3) is 11.3 Å². The Balaban J connectivity index is 2.54. The molecule has 0 aliphatic rings. The summed E-state index contributed by atoms with van der Waals surface area (Å²) in [6.45, 7) is 0. The first-order valence-electron chi connectivity index (χ1n) is 3.29. The molecule has 0 amide bonds. The molecule has 3 N–H and O–H groups in total. The number of nitrogens with zero attached hydrogens (tertiary/aromatic N) is 3. The third-order valence-corrected chi connectivity index (χ3v) is 1.77. The minimum absolute atomic E-state index is 0.253. The highest BCUT2D eigenvalue weighted by molar-refractivity contribution is 7.80. The molecule has 0 fully saturated rings. The van der Waals surface area contributed by atoms with E-state index in [2.05, 4.69) is 24.7 Å². The maximum atomic E-state index is 10.4. The van der Waals surface area contributed by atoms with Crippen molar-refractivity contribution in [2.75, 3.05) is 4.72 Å². The van der Waals surface area contributed by atoms with Gasteiger partial charge in [-0.05, 0) is 0 Å². The molecule has 0 saturated carbocycles. The molecule has 0 bridgehead atoms. The van der Waals surface area contributed by atoms with Crippen LogP contribution in [0.2, 0.25) is 0 Å². The van der Waals surface area contributed by atoms with E-state index in [0.29, 0.717) is 11.2 Å². The van der Waals surface area contributed by atoms with E-state index < -0.39 is 11.3 Å². The lowest BCUT2D eigenvalue weighted by molar-refractivity contribution is 0.570. The number of aromatic amines is 1. The van der Waals surface area contributed by atoms with E-state index in [1.165, 1.54) is 12.7 Å². The first-order valence-corrected chi connectivity index (χ1v) is 4.39. The smallest absolute Gasteiger partial charge is 0.260 e. The Labute approximate surface area is 75.0 Å². The molecule has 0 spiro atoms. The van der Waals surface area contributed by atoms with Crippen molar-refractivity contribution >= 4 is 28.2 Å². The molecule has 13 heavy (non-hydrogen) atoms. The van der Waals surface area contributed by atoms with Gasteiger partial charge in [-0.1, -0.05) is 0 Å². The van der Waals surface area contributed by atoms with E-state index >= 15 is 0 Å². The number of anilines is 1. The molecule has 1 unspecified atom stereocenters. The quantitative estimate of drug-likeness (QED) is 0.586. The molecule has 0 saturated heterocycles. The number of rotatable bonds is 2. The van der Waals surface area contributed by atoms with Gasteiger partial charge in [0.05, 0.1) is 6.33 Å². The Morgan fingerprint density at radius 1 is 1.46 bits per heavy atom. The van der Waals surface area contributed by atoms with E-state index in [4.69, 9.17) is 4.55 Å². The summed E-state index contributed by atoms with van der Waals surface area (Å²) in [6.07, 6.45) is 2.70. The van der Waals surface area contributed by atoms with Crippen LogP contribution in [0.15, 0.2) is 12.7 Å². The van der Waals surface area contributed by atoms with Crippen molar-refractivity contribution < 1.29 is 8.76 Å². The Morgan fingerprint density at radius 3 is 3.08 bits per heavy atom. The van der Waals surface area contributed by atoms with Gasteiger partial charge in [-0.15, -0.1) is 0 Å². The fourth-order valence-electron chi connectivity index (χ4n) is 0.925. The second-order valence-corrected chi connectivity index (χ2v) is 2.88. The van der Waals surface area contributed by atoms with Crippen molar-refractivity contribution in [1.82, 2.24) is 19.9 Å². The third-order valence-electron chi connectivity index (χ3n) is 1.41. The fraction of sp³-hybridized carbons (Fsp3) is 0. The first-order chi connectivity index (χ1) is 6.27. The van der Waals surface area contributed by atoms with Crippen molar-refractivity contribution in [1.29, 1.82) is 0 Å². The lowest BCUT2D eigenvalue weighted by atomic mass is 10.5. The normalized spacial score (nSPS) is 13.0. The van der Waals surface area contributed by atoms with E-state index in [9.17, 15) is 4.21 Å². The summed E-state index contributed by atoms with van der Waals surface area (Å²) >= 11 is -2.14. The number of hydrogen-bond acceptors (Lipinski definition) is 4. The summed E-state index contributed by atoms with van der Waals surface area (Å²) in [5.41, 5.74) is 0.952. The number of aromatic nitrogens is 4. The van der Waals surface area contributed by atoms with Crippen molar-refractivity contribution in [3.8, 4) is 0 Å². The minimum Gasteiger partial charge on any atom is -0.340 e. The lowest BCUT2D eigenvalue weighted by Gasteiger charge is -1.98. The van der Waals surface area contributed by atoms with Crippen LogP contribution < -0.4 is 4.72 Å². The zero-order valence-corrected chi connectivity index (χ0v) is 7.08. The SMILES string of the molecule is O=S(O)Nc1ncnc2nc[nH]c12. The summed E-state index contributed by atoms with van der Waals surface area (Å²) in [6, 6.07) is 0. The van der Waals surface area contributed by atoms with E-state index in [1.54, 1.807) is 0 Å². The summed E-state index contributed by atoms with van der Waals surface area (Å²) in [5.74, 6) is 0.253. The van der Waals surface area contributed by atoms with Crippen molar-refractivity contribution in [3.63, 3.8) is 0 Å². The third kappa shape index (κ3) is 1.48. The molecule has 1 atom stereocenters. The molecule has 0 aromatic carbocycles. The highest BCUT2D eigenvalue weighted by Crippen LogP contribution is 2.13. The summed E-state index contributed by atoms with van der Waals surface area (Å²) in [4.78, 5) is 14.2. The fourth-order valence-corrected chi connectivity index (χ4v) is 1.25. The second kappa shape index (κ2) is 3.07. The van der Waals surface area contributed by atoms with E-state index in [-0.39, 0.29) is 5.82 Å². The molecular weight excluding hydrogens is 194 g/mol. The minimum atomic E-state index is -2.14. The molecule has 0 aliphatic carbocycles. The Bertz CT molecular complexity index is 455. The monoisotopic (exact) mass is 199 g/mol. The first kappa shape index (κ1) is 8.08. The van der Waals surface area contributed by atoms with Crippen LogP contribution in [-0.2, 0) is 11.3 Å². The summed E-state index contributed by atoms with van der Waals surface area (Å²) in [5, 5.41) is 0. The number of H-pyrrole nitrogens is 1. The van der Waals surface area contributed by atoms with Gasteiger partial charge in [0.2, 0.25) is 0 Å². The van der Waals surface area contributed by atoms with Crippen LogP contribution in [0.3, 0.4) is 0 Å². The molecular formula is C5H5N5O2S. The summed E-state index contributed by atoms with van der Waals surface area (Å²) in [7, 11) is 0. The van der Waals surface area contributed by atoms with Gasteiger partial charge >= 0.3 is 0 Å². The number of hydrogen-bond donors (Lipinski definition) is 3. The van der Waals surface area contributed by atoms with Gasteiger partial charge in [0.1, 0.15) is 11.8 Å². The summed E-state index contributed by atoms with van der Waals surface area (Å²) < 4.78 is 21.2. The van der Waals surface area contributed by atoms with Crippen LogP contribution in [0.25, 0.3) is 11.2 Å². The Kier molecular flexibility index (Phi) is 1.91. The Hall–Kier alpha value is -1.54. The standard InChI is InChI=1S/C5H5N5O2S/c11-13(12)10-5-3-4(7-1-6-3)8-2-9-5/h1-2H,(H,11,12)(H2,6,7,8,9,10). The van der Waals surface area contributed by atoms with Crippen LogP contribution in [-0.4, -0.2) is 28.7 Å². The predicted octanol–water partition coefficient (Wildman–Crippen LogP) is -0.0985. The molecule has 68 valence electrons. The van der Waals surface area contributed by atoms with Gasteiger partial charge in [-0.3, -0.25) is 9.27 Å². The van der Waals surface area contributed by atoms with Crippen LogP contribution >= 0.6 is 0 Å². The molecule has 0 aliphatic heterocycles. The molecule has 8 heteroatoms. The van der Waals surface area contributed by atoms with Crippen molar-refractivity contribution in [3.05, 3.63) is 12.7 Å². The molecule has 2 rings (SSSR count). The van der Waals surface area contributed by atoms with Gasteiger partial charge < -0.3 is 4.98 Å². The van der Waals surface area contributed by atoms with Crippen LogP contribution in [0, 0.1) is 0 Å². The van der Waals surface area contributed by atoms with Gasteiger partial charge in [-0.25, -0.2) is 19.2 Å². The molecule has 7 nitrogen and oxygen atoms in total. The average molecular weight is 199 g/mol. The molecule has 2 aromatic rings. The van der Waals surface area contributed by atoms with E-state index in [1.807, 2.05) is 0 Å². The number of nitrogens with one attached hydrogen (secondary N) is 2. The largest absolute Gasteiger partial charge is 0.340 e. The van der Waals surface area contributed by atoms with Gasteiger partial charge in [0.15, 0.2) is 11.5 Å². The maximum absolute atomic E-state index is 10.4. The van der Waals surface area contributed by atoms with Crippen LogP contribution in [0.5, 0.6) is 0 Å². The molecule has 2 aromatic heterocycles. The Morgan fingerprint density at radius 2 is 2.31 bits per heavy atom. The molecule has 0 radical (unpaired) electrons. The van der Waals surface area contributed by atoms with Gasteiger partial charge in [0, 0.05) is 0 Å². The number of fused-ring (bicyclic) bond motifs is 1. The van der Waals surface area contributed by atoms with Crippen molar-refractivity contribution in [2.45, 2.75) is 0 Å². The van der Waals surface area contributed by atoms with Gasteiger partial charge in [-0.2, -0.15) is 0 Å². The van der Waals surface area contributed by atoms with Crippen LogP contribution in [0.1, 0.15) is 0 Å². The van der Waals surface area contributed by atoms with Crippen molar-refractivity contribution in [2.24, 2.45) is 0 Å². The highest BCUT2D eigenvalue weighted by atomic mass is 32.2. The average Bonchev–Trinajstić information content (AvgIpc) is 2.51. The lowest BCUT2D eigenvalue weighted by Crippen LogP contribution is -2.04. The van der Waals surface area contributed by atoms with E-state index in [0.717, 1.165) is 0 Å².